The highest BCUT2D eigenvalue weighted by Gasteiger charge is 2.20. The van der Waals surface area contributed by atoms with Crippen LogP contribution in [-0.4, -0.2) is 22.0 Å². The molecular weight excluding hydrogens is 276 g/mol. The van der Waals surface area contributed by atoms with E-state index in [9.17, 15) is 8.42 Å². The van der Waals surface area contributed by atoms with Crippen LogP contribution in [0.25, 0.3) is 0 Å². The van der Waals surface area contributed by atoms with E-state index in [1.807, 2.05) is 0 Å². The Morgan fingerprint density at radius 2 is 2.00 bits per heavy atom. The Morgan fingerprint density at radius 1 is 1.30 bits per heavy atom. The first-order chi connectivity index (χ1) is 9.36. The van der Waals surface area contributed by atoms with Gasteiger partial charge in [0.2, 0.25) is 10.0 Å². The number of hydrogen-bond donors (Lipinski definition) is 2. The van der Waals surface area contributed by atoms with Crippen LogP contribution in [0.15, 0.2) is 15.4 Å². The van der Waals surface area contributed by atoms with Crippen LogP contribution in [0.2, 0.25) is 0 Å². The van der Waals surface area contributed by atoms with E-state index in [0.29, 0.717) is 30.5 Å². The molecule has 0 spiro atoms. The summed E-state index contributed by atoms with van der Waals surface area (Å²) in [6, 6.07) is 1.59. The van der Waals surface area contributed by atoms with E-state index < -0.39 is 10.0 Å². The first-order valence-corrected chi connectivity index (χ1v) is 8.58. The Morgan fingerprint density at radius 3 is 2.60 bits per heavy atom. The fourth-order valence-corrected chi connectivity index (χ4v) is 3.29. The van der Waals surface area contributed by atoms with Crippen molar-refractivity contribution < 1.29 is 12.8 Å². The van der Waals surface area contributed by atoms with Gasteiger partial charge in [-0.3, -0.25) is 0 Å². The van der Waals surface area contributed by atoms with E-state index in [2.05, 4.69) is 23.9 Å². The van der Waals surface area contributed by atoms with Crippen LogP contribution in [-0.2, 0) is 16.6 Å². The van der Waals surface area contributed by atoms with Gasteiger partial charge < -0.3 is 9.73 Å². The molecule has 2 N–H and O–H groups in total. The summed E-state index contributed by atoms with van der Waals surface area (Å²) in [7, 11) is -1.67. The fraction of sp³-hybridized carbons (Fsp3) is 0.714. The predicted molar refractivity (Wildman–Crippen MR) is 80.1 cm³/mol. The first kappa shape index (κ1) is 17.2. The standard InChI is InChI=1S/C14H26N2O3S/c1-11(2)7-5-6-8-16-20(17,18)14-9-13(10-15-4)19-12(14)3/h9,11,15-16H,5-8,10H2,1-4H3. The van der Waals surface area contributed by atoms with Crippen molar-refractivity contribution in [3.8, 4) is 0 Å². The SMILES string of the molecule is CNCc1cc(S(=O)(=O)NCCCCC(C)C)c(C)o1. The van der Waals surface area contributed by atoms with Crippen molar-refractivity contribution in [1.82, 2.24) is 10.0 Å². The molecule has 0 aliphatic heterocycles. The van der Waals surface area contributed by atoms with Crippen LogP contribution in [0, 0.1) is 12.8 Å². The Bertz CT molecular complexity index is 506. The van der Waals surface area contributed by atoms with Crippen LogP contribution < -0.4 is 10.0 Å². The van der Waals surface area contributed by atoms with Gasteiger partial charge in [-0.1, -0.05) is 26.7 Å². The summed E-state index contributed by atoms with van der Waals surface area (Å²) in [4.78, 5) is 0.242. The summed E-state index contributed by atoms with van der Waals surface area (Å²) in [6.45, 7) is 7.00. The minimum atomic E-state index is -3.46. The van der Waals surface area contributed by atoms with Gasteiger partial charge in [0.05, 0.1) is 6.54 Å². The molecular formula is C14H26N2O3S. The van der Waals surface area contributed by atoms with Gasteiger partial charge in [-0.25, -0.2) is 13.1 Å². The molecule has 0 saturated carbocycles. The van der Waals surface area contributed by atoms with Crippen LogP contribution in [0.3, 0.4) is 0 Å². The lowest BCUT2D eigenvalue weighted by Gasteiger charge is -2.06. The summed E-state index contributed by atoms with van der Waals surface area (Å²) < 4.78 is 32.4. The highest BCUT2D eigenvalue weighted by atomic mass is 32.2. The molecule has 116 valence electrons. The summed E-state index contributed by atoms with van der Waals surface area (Å²) >= 11 is 0. The van der Waals surface area contributed by atoms with Gasteiger partial charge in [0.25, 0.3) is 0 Å². The van der Waals surface area contributed by atoms with E-state index in [1.165, 1.54) is 0 Å². The van der Waals surface area contributed by atoms with Crippen LogP contribution in [0.5, 0.6) is 0 Å². The maximum Gasteiger partial charge on any atom is 0.244 e. The van der Waals surface area contributed by atoms with Gasteiger partial charge in [0.15, 0.2) is 0 Å². The topological polar surface area (TPSA) is 71.3 Å². The van der Waals surface area contributed by atoms with Crippen molar-refractivity contribution in [3.05, 3.63) is 17.6 Å². The van der Waals surface area contributed by atoms with Crippen molar-refractivity contribution in [2.75, 3.05) is 13.6 Å². The molecule has 5 nitrogen and oxygen atoms in total. The molecule has 0 saturated heterocycles. The average molecular weight is 302 g/mol. The molecule has 0 aliphatic carbocycles. The van der Waals surface area contributed by atoms with Gasteiger partial charge in [0, 0.05) is 12.6 Å². The molecule has 0 aliphatic rings. The quantitative estimate of drug-likeness (QED) is 0.687. The summed E-state index contributed by atoms with van der Waals surface area (Å²) in [5.74, 6) is 1.72. The van der Waals surface area contributed by atoms with Gasteiger partial charge in [-0.05, 0) is 26.3 Å². The van der Waals surface area contributed by atoms with Crippen LogP contribution in [0.1, 0.15) is 44.6 Å². The molecule has 6 heteroatoms. The third kappa shape index (κ3) is 5.26. The number of furan rings is 1. The highest BCUT2D eigenvalue weighted by Crippen LogP contribution is 2.19. The third-order valence-corrected chi connectivity index (χ3v) is 4.63. The number of hydrogen-bond acceptors (Lipinski definition) is 4. The maximum absolute atomic E-state index is 12.2. The monoisotopic (exact) mass is 302 g/mol. The Hall–Kier alpha value is -0.850. The second kappa shape index (κ2) is 7.81. The number of nitrogens with one attached hydrogen (secondary N) is 2. The predicted octanol–water partition coefficient (Wildman–Crippen LogP) is 2.41. The van der Waals surface area contributed by atoms with E-state index in [4.69, 9.17) is 4.42 Å². The zero-order valence-electron chi connectivity index (χ0n) is 12.8. The largest absolute Gasteiger partial charge is 0.464 e. The zero-order chi connectivity index (χ0) is 15.2. The number of rotatable bonds is 9. The molecule has 1 rings (SSSR count). The Balaban J connectivity index is 2.55. The number of unbranched alkanes of at least 4 members (excludes halogenated alkanes) is 1. The smallest absolute Gasteiger partial charge is 0.244 e. The number of aryl methyl sites for hydroxylation is 1. The molecule has 0 fully saturated rings. The summed E-state index contributed by atoms with van der Waals surface area (Å²) in [5.41, 5.74) is 0. The molecule has 1 aromatic heterocycles. The average Bonchev–Trinajstić information content (AvgIpc) is 2.70. The van der Waals surface area contributed by atoms with Gasteiger partial charge in [-0.2, -0.15) is 0 Å². The fourth-order valence-electron chi connectivity index (χ4n) is 2.01. The first-order valence-electron chi connectivity index (χ1n) is 7.10. The van der Waals surface area contributed by atoms with E-state index in [1.54, 1.807) is 20.0 Å². The van der Waals surface area contributed by atoms with E-state index in [0.717, 1.165) is 19.3 Å². The summed E-state index contributed by atoms with van der Waals surface area (Å²) in [6.07, 6.45) is 3.02. The lowest BCUT2D eigenvalue weighted by molar-refractivity contribution is 0.465. The second-order valence-corrected chi connectivity index (χ2v) is 7.19. The van der Waals surface area contributed by atoms with E-state index >= 15 is 0 Å². The molecule has 20 heavy (non-hydrogen) atoms. The molecule has 0 unspecified atom stereocenters. The highest BCUT2D eigenvalue weighted by molar-refractivity contribution is 7.89. The molecule has 1 aromatic rings. The van der Waals surface area contributed by atoms with Gasteiger partial charge in [-0.15, -0.1) is 0 Å². The molecule has 0 aromatic carbocycles. The van der Waals surface area contributed by atoms with Crippen molar-refractivity contribution in [2.24, 2.45) is 5.92 Å². The lowest BCUT2D eigenvalue weighted by Crippen LogP contribution is -2.25. The third-order valence-electron chi connectivity index (χ3n) is 3.06. The van der Waals surface area contributed by atoms with Crippen LogP contribution in [0.4, 0.5) is 0 Å². The van der Waals surface area contributed by atoms with Crippen LogP contribution >= 0.6 is 0 Å². The zero-order valence-corrected chi connectivity index (χ0v) is 13.6. The number of sulfonamides is 1. The van der Waals surface area contributed by atoms with Gasteiger partial charge in [0.1, 0.15) is 16.4 Å². The van der Waals surface area contributed by atoms with Crippen molar-refractivity contribution >= 4 is 10.0 Å². The van der Waals surface area contributed by atoms with Gasteiger partial charge >= 0.3 is 0 Å². The van der Waals surface area contributed by atoms with Crippen molar-refractivity contribution in [3.63, 3.8) is 0 Å². The molecule has 0 atom stereocenters. The summed E-state index contributed by atoms with van der Waals surface area (Å²) in [5, 5.41) is 2.94. The van der Waals surface area contributed by atoms with Crippen molar-refractivity contribution in [2.45, 2.75) is 51.5 Å². The second-order valence-electron chi connectivity index (χ2n) is 5.45. The Kier molecular flexibility index (Phi) is 6.71. The minimum absolute atomic E-state index is 0.242. The molecule has 0 bridgehead atoms. The minimum Gasteiger partial charge on any atom is -0.464 e. The molecule has 0 amide bonds. The molecule has 0 radical (unpaired) electrons. The normalized spacial score (nSPS) is 12.2. The molecule has 1 heterocycles. The lowest BCUT2D eigenvalue weighted by atomic mass is 10.1. The van der Waals surface area contributed by atoms with E-state index in [-0.39, 0.29) is 4.90 Å². The maximum atomic E-state index is 12.2. The Labute approximate surface area is 122 Å². The van der Waals surface area contributed by atoms with Crippen molar-refractivity contribution in [1.29, 1.82) is 0 Å².